The van der Waals surface area contributed by atoms with Gasteiger partial charge in [-0.2, -0.15) is 0 Å². The van der Waals surface area contributed by atoms with Gasteiger partial charge in [-0.25, -0.2) is 13.2 Å². The zero-order chi connectivity index (χ0) is 14.1. The maximum atomic E-state index is 11.9. The maximum absolute atomic E-state index is 11.9. The van der Waals surface area contributed by atoms with Crippen LogP contribution in [0.4, 0.5) is 10.5 Å². The van der Waals surface area contributed by atoms with Gasteiger partial charge < -0.3 is 10.6 Å². The third kappa shape index (κ3) is 3.94. The Morgan fingerprint density at radius 3 is 2.74 bits per heavy atom. The number of carbonyl (C=O) groups excluding carboxylic acids is 1. The summed E-state index contributed by atoms with van der Waals surface area (Å²) >= 11 is 3.31. The van der Waals surface area contributed by atoms with Crippen LogP contribution in [0.2, 0.25) is 0 Å². The van der Waals surface area contributed by atoms with Gasteiger partial charge in [-0.3, -0.25) is 0 Å². The Morgan fingerprint density at radius 1 is 1.42 bits per heavy atom. The first kappa shape index (κ1) is 14.3. The first-order valence-corrected chi connectivity index (χ1v) is 8.45. The summed E-state index contributed by atoms with van der Waals surface area (Å²) < 4.78 is 23.8. The fraction of sp³-hybridized carbons (Fsp3) is 0.417. The molecule has 104 valence electrons. The van der Waals surface area contributed by atoms with Crippen LogP contribution in [0.15, 0.2) is 28.7 Å². The zero-order valence-electron chi connectivity index (χ0n) is 10.4. The first-order chi connectivity index (χ1) is 8.78. The molecule has 0 aliphatic carbocycles. The topological polar surface area (TPSA) is 75.3 Å². The standard InChI is InChI=1S/C12H15BrN2O3S/c1-12(5-6-19(17,18)8-12)15-11(16)14-10-4-2-3-9(13)7-10/h2-4,7H,5-6,8H2,1H3,(H2,14,15,16)/t12-/m1/s1. The number of rotatable bonds is 2. The van der Waals surface area contributed by atoms with Crippen LogP contribution >= 0.6 is 15.9 Å². The van der Waals surface area contributed by atoms with Crippen LogP contribution in [0.3, 0.4) is 0 Å². The number of sulfone groups is 1. The van der Waals surface area contributed by atoms with E-state index in [0.717, 1.165) is 4.47 Å². The average Bonchev–Trinajstić information content (AvgIpc) is 2.52. The van der Waals surface area contributed by atoms with E-state index in [1.165, 1.54) is 0 Å². The number of benzene rings is 1. The fourth-order valence-corrected chi connectivity index (χ4v) is 4.60. The lowest BCUT2D eigenvalue weighted by Gasteiger charge is -2.24. The molecule has 0 saturated carbocycles. The molecule has 5 nitrogen and oxygen atoms in total. The van der Waals surface area contributed by atoms with E-state index >= 15 is 0 Å². The van der Waals surface area contributed by atoms with Crippen LogP contribution in [0.5, 0.6) is 0 Å². The van der Waals surface area contributed by atoms with Crippen molar-refractivity contribution >= 4 is 37.5 Å². The Hall–Kier alpha value is -1.08. The van der Waals surface area contributed by atoms with Crippen molar-refractivity contribution in [1.82, 2.24) is 5.32 Å². The molecule has 0 aromatic heterocycles. The van der Waals surface area contributed by atoms with E-state index < -0.39 is 21.4 Å². The molecule has 1 aliphatic heterocycles. The molecule has 0 unspecified atom stereocenters. The largest absolute Gasteiger partial charge is 0.332 e. The molecule has 1 heterocycles. The molecule has 1 aromatic carbocycles. The molecule has 2 amide bonds. The van der Waals surface area contributed by atoms with E-state index in [0.29, 0.717) is 12.1 Å². The highest BCUT2D eigenvalue weighted by Crippen LogP contribution is 2.23. The number of amides is 2. The van der Waals surface area contributed by atoms with Crippen molar-refractivity contribution in [3.05, 3.63) is 28.7 Å². The summed E-state index contributed by atoms with van der Waals surface area (Å²) in [6.07, 6.45) is 0.446. The molecule has 2 rings (SSSR count). The normalized spacial score (nSPS) is 24.9. The third-order valence-corrected chi connectivity index (χ3v) is 5.40. The number of hydrogen-bond acceptors (Lipinski definition) is 3. The van der Waals surface area contributed by atoms with Crippen molar-refractivity contribution in [2.45, 2.75) is 18.9 Å². The lowest BCUT2D eigenvalue weighted by molar-refractivity contribution is 0.242. The van der Waals surface area contributed by atoms with E-state index in [-0.39, 0.29) is 11.5 Å². The Balaban J connectivity index is 1.99. The lowest BCUT2D eigenvalue weighted by Crippen LogP contribution is -2.48. The highest BCUT2D eigenvalue weighted by molar-refractivity contribution is 9.10. The van der Waals surface area contributed by atoms with Crippen LogP contribution in [0.1, 0.15) is 13.3 Å². The summed E-state index contributed by atoms with van der Waals surface area (Å²) in [7, 11) is -3.03. The van der Waals surface area contributed by atoms with Gasteiger partial charge in [-0.05, 0) is 31.5 Å². The first-order valence-electron chi connectivity index (χ1n) is 5.83. The summed E-state index contributed by atoms with van der Waals surface area (Å²) in [5, 5.41) is 5.42. The minimum absolute atomic E-state index is 0.00803. The average molecular weight is 347 g/mol. The molecule has 7 heteroatoms. The molecule has 0 radical (unpaired) electrons. The molecule has 0 spiro atoms. The monoisotopic (exact) mass is 346 g/mol. The smallest absolute Gasteiger partial charge is 0.319 e. The van der Waals surface area contributed by atoms with Crippen LogP contribution < -0.4 is 10.6 Å². The molecule has 1 fully saturated rings. The van der Waals surface area contributed by atoms with Crippen LogP contribution in [-0.2, 0) is 9.84 Å². The Labute approximate surface area is 120 Å². The predicted octanol–water partition coefficient (Wildman–Crippen LogP) is 2.15. The molecule has 1 aromatic rings. The minimum atomic E-state index is -3.03. The Kier molecular flexibility index (Phi) is 3.87. The summed E-state index contributed by atoms with van der Waals surface area (Å²) in [5.74, 6) is 0.118. The molecule has 2 N–H and O–H groups in total. The van der Waals surface area contributed by atoms with E-state index in [1.54, 1.807) is 25.1 Å². The Morgan fingerprint density at radius 2 is 2.16 bits per heavy atom. The van der Waals surface area contributed by atoms with Crippen molar-refractivity contribution in [1.29, 1.82) is 0 Å². The molecule has 1 aliphatic rings. The number of halogens is 1. The number of nitrogens with one attached hydrogen (secondary N) is 2. The number of anilines is 1. The second kappa shape index (κ2) is 5.13. The van der Waals surface area contributed by atoms with Gasteiger partial charge in [0, 0.05) is 10.2 Å². The van der Waals surface area contributed by atoms with Gasteiger partial charge in [0.2, 0.25) is 0 Å². The summed E-state index contributed by atoms with van der Waals surface area (Å²) in [4.78, 5) is 11.9. The summed E-state index contributed by atoms with van der Waals surface area (Å²) in [6.45, 7) is 1.75. The Bertz CT molecular complexity index is 603. The van der Waals surface area contributed by atoms with Gasteiger partial charge in [0.1, 0.15) is 0 Å². The highest BCUT2D eigenvalue weighted by Gasteiger charge is 2.39. The molecular weight excluding hydrogens is 332 g/mol. The zero-order valence-corrected chi connectivity index (χ0v) is 12.8. The second-order valence-electron chi connectivity index (χ2n) is 4.99. The second-order valence-corrected chi connectivity index (χ2v) is 8.09. The van der Waals surface area contributed by atoms with Crippen molar-refractivity contribution in [2.75, 3.05) is 16.8 Å². The van der Waals surface area contributed by atoms with E-state index in [1.807, 2.05) is 6.07 Å². The summed E-state index contributed by atoms with van der Waals surface area (Å²) in [5.41, 5.74) is -0.0362. The van der Waals surface area contributed by atoms with Crippen LogP contribution in [0, 0.1) is 0 Å². The maximum Gasteiger partial charge on any atom is 0.319 e. The molecule has 0 bridgehead atoms. The van der Waals surface area contributed by atoms with Gasteiger partial charge in [-0.1, -0.05) is 22.0 Å². The van der Waals surface area contributed by atoms with Crippen molar-refractivity contribution in [2.24, 2.45) is 0 Å². The van der Waals surface area contributed by atoms with Crippen molar-refractivity contribution in [3.63, 3.8) is 0 Å². The quantitative estimate of drug-likeness (QED) is 0.861. The van der Waals surface area contributed by atoms with E-state index in [4.69, 9.17) is 0 Å². The molecular formula is C12H15BrN2O3S. The molecule has 1 saturated heterocycles. The van der Waals surface area contributed by atoms with Gasteiger partial charge in [0.05, 0.1) is 17.0 Å². The van der Waals surface area contributed by atoms with Gasteiger partial charge in [-0.15, -0.1) is 0 Å². The highest BCUT2D eigenvalue weighted by atomic mass is 79.9. The molecule has 19 heavy (non-hydrogen) atoms. The lowest BCUT2D eigenvalue weighted by atomic mass is 10.0. The molecule has 1 atom stereocenters. The van der Waals surface area contributed by atoms with Gasteiger partial charge in [0.15, 0.2) is 9.84 Å². The van der Waals surface area contributed by atoms with Gasteiger partial charge in [0.25, 0.3) is 0 Å². The number of urea groups is 1. The van der Waals surface area contributed by atoms with Crippen LogP contribution in [0.25, 0.3) is 0 Å². The van der Waals surface area contributed by atoms with Crippen LogP contribution in [-0.4, -0.2) is 31.5 Å². The fourth-order valence-electron chi connectivity index (χ4n) is 2.11. The summed E-state index contributed by atoms with van der Waals surface area (Å²) in [6, 6.07) is 6.80. The minimum Gasteiger partial charge on any atom is -0.332 e. The predicted molar refractivity (Wildman–Crippen MR) is 78.0 cm³/mol. The van der Waals surface area contributed by atoms with E-state index in [9.17, 15) is 13.2 Å². The number of hydrogen-bond donors (Lipinski definition) is 2. The third-order valence-electron chi connectivity index (χ3n) is 3.00. The number of carbonyl (C=O) groups is 1. The van der Waals surface area contributed by atoms with Gasteiger partial charge >= 0.3 is 6.03 Å². The SMILES string of the molecule is C[C@@]1(NC(=O)Nc2cccc(Br)c2)CCS(=O)(=O)C1. The van der Waals surface area contributed by atoms with Crippen molar-refractivity contribution < 1.29 is 13.2 Å². The van der Waals surface area contributed by atoms with E-state index in [2.05, 4.69) is 26.6 Å². The van der Waals surface area contributed by atoms with Crippen molar-refractivity contribution in [3.8, 4) is 0 Å².